The van der Waals surface area contributed by atoms with E-state index in [0.717, 1.165) is 11.3 Å². The summed E-state index contributed by atoms with van der Waals surface area (Å²) in [6.45, 7) is 3.39. The molecular weight excluding hydrogens is 212 g/mol. The van der Waals surface area contributed by atoms with Crippen LogP contribution in [0.25, 0.3) is 0 Å². The number of rotatable bonds is 3. The summed E-state index contributed by atoms with van der Waals surface area (Å²) in [7, 11) is 0. The molecule has 0 saturated carbocycles. The van der Waals surface area contributed by atoms with Crippen molar-refractivity contribution in [2.24, 2.45) is 5.73 Å². The quantitative estimate of drug-likeness (QED) is 0.830. The first-order valence-electron chi connectivity index (χ1n) is 4.80. The minimum Gasteiger partial charge on any atom is -0.328 e. The maximum Gasteiger partial charge on any atom is 0.221 e. The standard InChI is InChI=1S/C11H15ClN2O/c1-7(13)5-9-3-4-10(12)6-11(9)14-8(2)15/h3-4,6-7H,5,13H2,1-2H3,(H,14,15). The summed E-state index contributed by atoms with van der Waals surface area (Å²) >= 11 is 5.85. The number of carbonyl (C=O) groups excluding carboxylic acids is 1. The predicted octanol–water partition coefficient (Wildman–Crippen LogP) is 2.19. The highest BCUT2D eigenvalue weighted by molar-refractivity contribution is 6.31. The molecule has 3 nitrogen and oxygen atoms in total. The highest BCUT2D eigenvalue weighted by atomic mass is 35.5. The molecule has 0 aliphatic carbocycles. The highest BCUT2D eigenvalue weighted by Gasteiger charge is 2.06. The second kappa shape index (κ2) is 5.14. The van der Waals surface area contributed by atoms with E-state index in [-0.39, 0.29) is 11.9 Å². The molecule has 0 heterocycles. The smallest absolute Gasteiger partial charge is 0.221 e. The van der Waals surface area contributed by atoms with Crippen LogP contribution in [-0.4, -0.2) is 11.9 Å². The van der Waals surface area contributed by atoms with Gasteiger partial charge in [-0.2, -0.15) is 0 Å². The highest BCUT2D eigenvalue weighted by Crippen LogP contribution is 2.22. The van der Waals surface area contributed by atoms with Gasteiger partial charge in [-0.3, -0.25) is 4.79 Å². The van der Waals surface area contributed by atoms with Crippen LogP contribution in [0.2, 0.25) is 5.02 Å². The van der Waals surface area contributed by atoms with Crippen LogP contribution in [0, 0.1) is 0 Å². The number of nitrogens with two attached hydrogens (primary N) is 1. The minimum absolute atomic E-state index is 0.0543. The van der Waals surface area contributed by atoms with Gasteiger partial charge in [0, 0.05) is 23.7 Å². The van der Waals surface area contributed by atoms with E-state index in [2.05, 4.69) is 5.32 Å². The molecule has 0 spiro atoms. The van der Waals surface area contributed by atoms with Gasteiger partial charge < -0.3 is 11.1 Å². The van der Waals surface area contributed by atoms with Crippen molar-refractivity contribution in [1.82, 2.24) is 0 Å². The molecule has 1 unspecified atom stereocenters. The molecule has 4 heteroatoms. The summed E-state index contributed by atoms with van der Waals surface area (Å²) in [5.41, 5.74) is 7.46. The van der Waals surface area contributed by atoms with Gasteiger partial charge in [0.2, 0.25) is 5.91 Å². The van der Waals surface area contributed by atoms with Crippen LogP contribution in [0.1, 0.15) is 19.4 Å². The molecule has 0 radical (unpaired) electrons. The fourth-order valence-corrected chi connectivity index (χ4v) is 1.55. The van der Waals surface area contributed by atoms with Gasteiger partial charge in [-0.05, 0) is 31.0 Å². The van der Waals surface area contributed by atoms with Crippen molar-refractivity contribution < 1.29 is 4.79 Å². The van der Waals surface area contributed by atoms with E-state index in [4.69, 9.17) is 17.3 Å². The number of anilines is 1. The van der Waals surface area contributed by atoms with Crippen molar-refractivity contribution in [3.63, 3.8) is 0 Å². The van der Waals surface area contributed by atoms with E-state index in [1.165, 1.54) is 6.92 Å². The number of carbonyl (C=O) groups is 1. The summed E-state index contributed by atoms with van der Waals surface area (Å²) < 4.78 is 0. The SMILES string of the molecule is CC(=O)Nc1cc(Cl)ccc1CC(C)N. The normalized spacial score (nSPS) is 12.3. The fourth-order valence-electron chi connectivity index (χ4n) is 1.38. The van der Waals surface area contributed by atoms with Crippen LogP contribution in [0.3, 0.4) is 0 Å². The number of hydrogen-bond donors (Lipinski definition) is 2. The van der Waals surface area contributed by atoms with Crippen molar-refractivity contribution in [3.05, 3.63) is 28.8 Å². The maximum atomic E-state index is 11.0. The first kappa shape index (κ1) is 12.0. The zero-order chi connectivity index (χ0) is 11.4. The van der Waals surface area contributed by atoms with E-state index in [9.17, 15) is 4.79 Å². The third kappa shape index (κ3) is 3.90. The molecule has 1 aromatic rings. The number of benzene rings is 1. The predicted molar refractivity (Wildman–Crippen MR) is 63.1 cm³/mol. The molecule has 82 valence electrons. The molecule has 1 rings (SSSR count). The largest absolute Gasteiger partial charge is 0.328 e. The van der Waals surface area contributed by atoms with Gasteiger partial charge in [-0.1, -0.05) is 17.7 Å². The molecule has 0 aromatic heterocycles. The molecule has 0 aliphatic heterocycles. The lowest BCUT2D eigenvalue weighted by atomic mass is 10.1. The first-order chi connectivity index (χ1) is 6.99. The van der Waals surface area contributed by atoms with Crippen LogP contribution in [-0.2, 0) is 11.2 Å². The lowest BCUT2D eigenvalue weighted by Crippen LogP contribution is -2.19. The zero-order valence-electron chi connectivity index (χ0n) is 8.88. The summed E-state index contributed by atoms with van der Waals surface area (Å²) in [6.07, 6.45) is 0.715. The van der Waals surface area contributed by atoms with Crippen molar-refractivity contribution in [3.8, 4) is 0 Å². The molecule has 0 saturated heterocycles. The summed E-state index contributed by atoms with van der Waals surface area (Å²) in [5, 5.41) is 3.34. The number of nitrogens with one attached hydrogen (secondary N) is 1. The van der Waals surface area contributed by atoms with Gasteiger partial charge in [0.1, 0.15) is 0 Å². The Morgan fingerprint density at radius 2 is 2.27 bits per heavy atom. The maximum absolute atomic E-state index is 11.0. The fraction of sp³-hybridized carbons (Fsp3) is 0.364. The van der Waals surface area contributed by atoms with Crippen LogP contribution in [0.15, 0.2) is 18.2 Å². The third-order valence-corrected chi connectivity index (χ3v) is 2.16. The Kier molecular flexibility index (Phi) is 4.12. The van der Waals surface area contributed by atoms with Crippen molar-refractivity contribution in [2.75, 3.05) is 5.32 Å². The van der Waals surface area contributed by atoms with Crippen LogP contribution < -0.4 is 11.1 Å². The number of hydrogen-bond acceptors (Lipinski definition) is 2. The monoisotopic (exact) mass is 226 g/mol. The number of amides is 1. The van der Waals surface area contributed by atoms with Crippen LogP contribution in [0.5, 0.6) is 0 Å². The first-order valence-corrected chi connectivity index (χ1v) is 5.18. The van der Waals surface area contributed by atoms with E-state index in [1.54, 1.807) is 12.1 Å². The molecule has 0 aliphatic rings. The lowest BCUT2D eigenvalue weighted by Gasteiger charge is -2.12. The van der Waals surface area contributed by atoms with Gasteiger partial charge in [0.15, 0.2) is 0 Å². The van der Waals surface area contributed by atoms with Crippen molar-refractivity contribution in [1.29, 1.82) is 0 Å². The zero-order valence-corrected chi connectivity index (χ0v) is 9.64. The molecule has 15 heavy (non-hydrogen) atoms. The molecule has 1 amide bonds. The van der Waals surface area contributed by atoms with E-state index < -0.39 is 0 Å². The van der Waals surface area contributed by atoms with E-state index in [0.29, 0.717) is 11.4 Å². The Morgan fingerprint density at radius 3 is 2.80 bits per heavy atom. The van der Waals surface area contributed by atoms with Crippen molar-refractivity contribution >= 4 is 23.2 Å². The molecular formula is C11H15ClN2O. The van der Waals surface area contributed by atoms with E-state index >= 15 is 0 Å². The van der Waals surface area contributed by atoms with Gasteiger partial charge in [-0.25, -0.2) is 0 Å². The Morgan fingerprint density at radius 1 is 1.60 bits per heavy atom. The van der Waals surface area contributed by atoms with Crippen molar-refractivity contribution in [2.45, 2.75) is 26.3 Å². The summed E-state index contributed by atoms with van der Waals surface area (Å²) in [5.74, 6) is -0.108. The molecule has 3 N–H and O–H groups in total. The molecule has 1 aromatic carbocycles. The Labute approximate surface area is 94.6 Å². The summed E-state index contributed by atoms with van der Waals surface area (Å²) in [4.78, 5) is 11.0. The summed E-state index contributed by atoms with van der Waals surface area (Å²) in [6, 6.07) is 5.47. The Balaban J connectivity index is 2.97. The van der Waals surface area contributed by atoms with Gasteiger partial charge in [0.25, 0.3) is 0 Å². The molecule has 0 fully saturated rings. The Bertz CT molecular complexity index is 364. The van der Waals surface area contributed by atoms with Crippen LogP contribution in [0.4, 0.5) is 5.69 Å². The molecule has 1 atom stereocenters. The average molecular weight is 227 g/mol. The third-order valence-electron chi connectivity index (χ3n) is 1.92. The average Bonchev–Trinajstić information content (AvgIpc) is 2.08. The lowest BCUT2D eigenvalue weighted by molar-refractivity contribution is -0.114. The van der Waals surface area contributed by atoms with Gasteiger partial charge in [-0.15, -0.1) is 0 Å². The van der Waals surface area contributed by atoms with Gasteiger partial charge >= 0.3 is 0 Å². The van der Waals surface area contributed by atoms with Gasteiger partial charge in [0.05, 0.1) is 0 Å². The minimum atomic E-state index is -0.108. The Hall–Kier alpha value is -1.06. The topological polar surface area (TPSA) is 55.1 Å². The second-order valence-electron chi connectivity index (χ2n) is 3.66. The van der Waals surface area contributed by atoms with E-state index in [1.807, 2.05) is 13.0 Å². The van der Waals surface area contributed by atoms with Crippen LogP contribution >= 0.6 is 11.6 Å². The second-order valence-corrected chi connectivity index (χ2v) is 4.10. The molecule has 0 bridgehead atoms. The number of halogens is 1.